The van der Waals surface area contributed by atoms with Gasteiger partial charge in [-0.25, -0.2) is 0 Å². The summed E-state index contributed by atoms with van der Waals surface area (Å²) in [5.41, 5.74) is 5.75. The average molecular weight is 661 g/mol. The molecule has 0 fully saturated rings. The average Bonchev–Trinajstić information content (AvgIpc) is 3.59. The Labute approximate surface area is 283 Å². The highest BCUT2D eigenvalue weighted by Gasteiger charge is 2.42. The number of carbonyl (C=O) groups excluding carboxylic acids is 2. The van der Waals surface area contributed by atoms with Crippen molar-refractivity contribution in [2.45, 2.75) is 38.3 Å². The van der Waals surface area contributed by atoms with Crippen molar-refractivity contribution >= 4 is 46.0 Å². The Morgan fingerprint density at radius 1 is 0.872 bits per heavy atom. The number of nitrogens with one attached hydrogen (secondary N) is 1. The Bertz CT molecular complexity index is 1940. The van der Waals surface area contributed by atoms with Crippen LogP contribution in [-0.2, 0) is 11.4 Å². The Morgan fingerprint density at radius 2 is 1.66 bits per heavy atom. The van der Waals surface area contributed by atoms with Crippen molar-refractivity contribution in [2.75, 3.05) is 16.8 Å². The molecule has 2 unspecified atom stereocenters. The van der Waals surface area contributed by atoms with Gasteiger partial charge >= 0.3 is 0 Å². The monoisotopic (exact) mass is 660 g/mol. The van der Waals surface area contributed by atoms with Crippen molar-refractivity contribution < 1.29 is 19.1 Å². The molecule has 236 valence electrons. The van der Waals surface area contributed by atoms with E-state index >= 15 is 0 Å². The first kappa shape index (κ1) is 30.8. The van der Waals surface area contributed by atoms with Crippen LogP contribution in [0.2, 0.25) is 5.02 Å². The first-order chi connectivity index (χ1) is 23.0. The normalized spacial score (nSPS) is 17.3. The second kappa shape index (κ2) is 13.5. The maximum absolute atomic E-state index is 14.5. The molecule has 47 heavy (non-hydrogen) atoms. The zero-order valence-corrected chi connectivity index (χ0v) is 27.4. The van der Waals surface area contributed by atoms with E-state index in [0.717, 1.165) is 28.1 Å². The fourth-order valence-electron chi connectivity index (χ4n) is 6.43. The Hall–Kier alpha value is -4.85. The Morgan fingerprint density at radius 3 is 2.43 bits per heavy atom. The number of halogens is 1. The molecule has 0 bridgehead atoms. The number of nitrogens with zero attached hydrogens (tertiary/aromatic N) is 1. The molecule has 0 spiro atoms. The maximum Gasteiger partial charge on any atom is 0.269 e. The second-order valence-electron chi connectivity index (χ2n) is 11.6. The van der Waals surface area contributed by atoms with Gasteiger partial charge in [0.05, 0.1) is 28.9 Å². The number of hydrogen-bond donors (Lipinski definition) is 1. The van der Waals surface area contributed by atoms with Crippen molar-refractivity contribution in [3.05, 3.63) is 152 Å². The molecule has 1 aliphatic carbocycles. The lowest BCUT2D eigenvalue weighted by molar-refractivity contribution is -0.116. The molecule has 1 aromatic heterocycles. The molecule has 6 nitrogen and oxygen atoms in total. The van der Waals surface area contributed by atoms with E-state index < -0.39 is 6.04 Å². The van der Waals surface area contributed by atoms with E-state index in [0.29, 0.717) is 58.7 Å². The maximum atomic E-state index is 14.5. The molecule has 8 heteroatoms. The molecule has 2 aliphatic rings. The van der Waals surface area contributed by atoms with Gasteiger partial charge < -0.3 is 14.8 Å². The van der Waals surface area contributed by atoms with E-state index in [2.05, 4.69) is 17.4 Å². The van der Waals surface area contributed by atoms with Crippen LogP contribution in [0.25, 0.3) is 0 Å². The minimum atomic E-state index is -0.704. The zero-order valence-electron chi connectivity index (χ0n) is 25.8. The van der Waals surface area contributed by atoms with Gasteiger partial charge in [-0.3, -0.25) is 14.5 Å². The van der Waals surface area contributed by atoms with Crippen LogP contribution < -0.4 is 19.7 Å². The fraction of sp³-hybridized carbons (Fsp3) is 0.179. The SMILES string of the molecule is CCOc1cc(C2C3=C(CC(c4ccccc4)CC3=O)Nc3ccccc3N2C(=O)c2cccs2)ccc1OCc1ccc(Cl)cc1. The highest BCUT2D eigenvalue weighted by molar-refractivity contribution is 7.12. The van der Waals surface area contributed by atoms with Gasteiger partial charge in [0.15, 0.2) is 17.3 Å². The standard InChI is InChI=1S/C39H33ClN2O4S/c1-2-45-35-23-27(16-19-34(35)46-24-25-14-17-29(40)18-15-25)38-37-31(21-28(22-33(37)43)26-9-4-3-5-10-26)41-30-11-6-7-12-32(30)42(38)39(44)36-13-8-20-47-36/h3-20,23,28,38,41H,2,21-22,24H2,1H3. The number of rotatable bonds is 8. The first-order valence-electron chi connectivity index (χ1n) is 15.7. The van der Waals surface area contributed by atoms with E-state index in [4.69, 9.17) is 21.1 Å². The smallest absolute Gasteiger partial charge is 0.269 e. The lowest BCUT2D eigenvalue weighted by Gasteiger charge is -2.35. The fourth-order valence-corrected chi connectivity index (χ4v) is 7.22. The number of carbonyl (C=O) groups is 2. The minimum absolute atomic E-state index is 0.00964. The van der Waals surface area contributed by atoms with Crippen LogP contribution in [-0.4, -0.2) is 18.3 Å². The van der Waals surface area contributed by atoms with Gasteiger partial charge in [-0.2, -0.15) is 0 Å². The van der Waals surface area contributed by atoms with E-state index in [9.17, 15) is 9.59 Å². The number of amides is 1. The number of fused-ring (bicyclic) bond motifs is 1. The molecule has 2 atom stereocenters. The van der Waals surface area contributed by atoms with Crippen molar-refractivity contribution in [1.82, 2.24) is 0 Å². The summed E-state index contributed by atoms with van der Waals surface area (Å²) in [7, 11) is 0. The molecular weight excluding hydrogens is 628 g/mol. The number of Topliss-reactive ketones (excluding diaryl/α,β-unsaturated/α-hetero) is 1. The molecule has 0 saturated heterocycles. The number of allylic oxidation sites excluding steroid dienone is 1. The predicted octanol–water partition coefficient (Wildman–Crippen LogP) is 9.59. The van der Waals surface area contributed by atoms with Gasteiger partial charge in [-0.15, -0.1) is 11.3 Å². The molecule has 2 heterocycles. The summed E-state index contributed by atoms with van der Waals surface area (Å²) in [6.07, 6.45) is 0.983. The summed E-state index contributed by atoms with van der Waals surface area (Å²) in [4.78, 5) is 31.3. The minimum Gasteiger partial charge on any atom is -0.490 e. The van der Waals surface area contributed by atoms with Gasteiger partial charge in [0.1, 0.15) is 6.61 Å². The van der Waals surface area contributed by atoms with Crippen molar-refractivity contribution in [3.8, 4) is 11.5 Å². The van der Waals surface area contributed by atoms with Crippen LogP contribution in [0.1, 0.15) is 58.1 Å². The number of ether oxygens (including phenoxy) is 2. The van der Waals surface area contributed by atoms with Crippen LogP contribution in [0.5, 0.6) is 11.5 Å². The van der Waals surface area contributed by atoms with Crippen molar-refractivity contribution in [1.29, 1.82) is 0 Å². The summed E-state index contributed by atoms with van der Waals surface area (Å²) in [5.74, 6) is 0.968. The van der Waals surface area contributed by atoms with Gasteiger partial charge in [0.25, 0.3) is 5.91 Å². The number of benzene rings is 4. The summed E-state index contributed by atoms with van der Waals surface area (Å²) in [5, 5.41) is 6.17. The van der Waals surface area contributed by atoms with Crippen LogP contribution in [0.4, 0.5) is 11.4 Å². The van der Waals surface area contributed by atoms with Crippen LogP contribution in [0.15, 0.2) is 126 Å². The second-order valence-corrected chi connectivity index (χ2v) is 13.0. The molecule has 1 amide bonds. The molecule has 1 aliphatic heterocycles. The molecule has 1 N–H and O–H groups in total. The predicted molar refractivity (Wildman–Crippen MR) is 188 cm³/mol. The number of thiophene rings is 1. The third-order valence-corrected chi connectivity index (χ3v) is 9.71. The zero-order chi connectivity index (χ0) is 32.3. The van der Waals surface area contributed by atoms with Gasteiger partial charge in [0, 0.05) is 22.7 Å². The molecule has 7 rings (SSSR count). The highest BCUT2D eigenvalue weighted by Crippen LogP contribution is 2.49. The topological polar surface area (TPSA) is 67.9 Å². The molecule has 5 aromatic rings. The number of anilines is 2. The van der Waals surface area contributed by atoms with Crippen LogP contribution >= 0.6 is 22.9 Å². The largest absolute Gasteiger partial charge is 0.490 e. The van der Waals surface area contributed by atoms with Gasteiger partial charge in [-0.1, -0.05) is 78.3 Å². The molecular formula is C39H33ClN2O4S. The van der Waals surface area contributed by atoms with E-state index in [1.807, 2.05) is 109 Å². The van der Waals surface area contributed by atoms with Crippen LogP contribution in [0.3, 0.4) is 0 Å². The molecule has 0 radical (unpaired) electrons. The Balaban J connectivity index is 1.36. The van der Waals surface area contributed by atoms with Crippen LogP contribution in [0, 0.1) is 0 Å². The molecule has 4 aromatic carbocycles. The van der Waals surface area contributed by atoms with Gasteiger partial charge in [-0.05, 0) is 83.8 Å². The number of para-hydroxylation sites is 2. The van der Waals surface area contributed by atoms with Crippen molar-refractivity contribution in [2.24, 2.45) is 0 Å². The number of hydrogen-bond acceptors (Lipinski definition) is 6. The summed E-state index contributed by atoms with van der Waals surface area (Å²) in [6, 6.07) is 34.2. The first-order valence-corrected chi connectivity index (χ1v) is 16.9. The summed E-state index contributed by atoms with van der Waals surface area (Å²) < 4.78 is 12.3. The quantitative estimate of drug-likeness (QED) is 0.180. The third-order valence-electron chi connectivity index (χ3n) is 8.60. The Kier molecular flexibility index (Phi) is 8.83. The van der Waals surface area contributed by atoms with E-state index in [1.54, 1.807) is 4.90 Å². The third kappa shape index (κ3) is 6.29. The van der Waals surface area contributed by atoms with Crippen molar-refractivity contribution in [3.63, 3.8) is 0 Å². The highest BCUT2D eigenvalue weighted by atomic mass is 35.5. The molecule has 0 saturated carbocycles. The van der Waals surface area contributed by atoms with Gasteiger partial charge in [0.2, 0.25) is 0 Å². The lowest BCUT2D eigenvalue weighted by atomic mass is 9.78. The summed E-state index contributed by atoms with van der Waals surface area (Å²) in [6.45, 7) is 2.66. The lowest BCUT2D eigenvalue weighted by Crippen LogP contribution is -2.38. The van der Waals surface area contributed by atoms with E-state index in [-0.39, 0.29) is 17.6 Å². The van der Waals surface area contributed by atoms with E-state index in [1.165, 1.54) is 11.3 Å². The summed E-state index contributed by atoms with van der Waals surface area (Å²) >= 11 is 7.46. The number of ketones is 1.